The van der Waals surface area contributed by atoms with Crippen LogP contribution in [0, 0.1) is 5.41 Å². The molecule has 3 N–H and O–H groups in total. The Balaban J connectivity index is 1.77. The quantitative estimate of drug-likeness (QED) is 0.871. The number of allylic oxidation sites excluding steroid dienone is 1. The molecule has 130 valence electrons. The van der Waals surface area contributed by atoms with Crippen molar-refractivity contribution in [2.45, 2.75) is 19.3 Å². The first-order chi connectivity index (χ1) is 12.1. The molecule has 1 aliphatic rings. The second-order valence-electron chi connectivity index (χ2n) is 6.41. The standard InChI is InChI=1S/C19H22N4O2/c20-16-9-12-21-18(22-16)23-13-5-11-19(14-23,17(24)25)10-4-8-15-6-2-1-3-7-15/h1-4,6-9,12H,5,10-11,13-14H2,(H,24,25)(H2,20,21,22)/b8-4+. The summed E-state index contributed by atoms with van der Waals surface area (Å²) in [6, 6.07) is 11.5. The first-order valence-electron chi connectivity index (χ1n) is 8.38. The summed E-state index contributed by atoms with van der Waals surface area (Å²) in [5.41, 5.74) is 5.96. The second-order valence-corrected chi connectivity index (χ2v) is 6.41. The lowest BCUT2D eigenvalue weighted by molar-refractivity contribution is -0.149. The van der Waals surface area contributed by atoms with Crippen molar-refractivity contribution >= 4 is 23.8 Å². The van der Waals surface area contributed by atoms with Crippen molar-refractivity contribution in [2.75, 3.05) is 23.7 Å². The van der Waals surface area contributed by atoms with Crippen molar-refractivity contribution in [2.24, 2.45) is 5.41 Å². The summed E-state index contributed by atoms with van der Waals surface area (Å²) in [6.07, 6.45) is 7.41. The minimum Gasteiger partial charge on any atom is -0.481 e. The van der Waals surface area contributed by atoms with Gasteiger partial charge in [0.1, 0.15) is 5.82 Å². The van der Waals surface area contributed by atoms with Crippen LogP contribution in [-0.2, 0) is 4.79 Å². The van der Waals surface area contributed by atoms with Gasteiger partial charge < -0.3 is 15.7 Å². The molecule has 0 aliphatic carbocycles. The van der Waals surface area contributed by atoms with Crippen LogP contribution in [0.4, 0.5) is 11.8 Å². The number of nitrogen functional groups attached to an aromatic ring is 1. The van der Waals surface area contributed by atoms with Crippen molar-refractivity contribution in [3.05, 3.63) is 54.2 Å². The smallest absolute Gasteiger partial charge is 0.311 e. The number of nitrogens with two attached hydrogens (primary N) is 1. The van der Waals surface area contributed by atoms with Crippen LogP contribution in [0.25, 0.3) is 6.08 Å². The number of aliphatic carboxylic acids is 1. The summed E-state index contributed by atoms with van der Waals surface area (Å²) >= 11 is 0. The number of piperidine rings is 1. The Morgan fingerprint density at radius 2 is 2.12 bits per heavy atom. The first kappa shape index (κ1) is 17.0. The predicted octanol–water partition coefficient (Wildman–Crippen LogP) is 2.83. The van der Waals surface area contributed by atoms with Gasteiger partial charge in [-0.05, 0) is 30.9 Å². The van der Waals surface area contributed by atoms with Crippen LogP contribution in [0.1, 0.15) is 24.8 Å². The third-order valence-corrected chi connectivity index (χ3v) is 4.60. The van der Waals surface area contributed by atoms with Gasteiger partial charge in [0.25, 0.3) is 0 Å². The highest BCUT2D eigenvalue weighted by molar-refractivity contribution is 5.76. The van der Waals surface area contributed by atoms with Crippen molar-refractivity contribution in [3.8, 4) is 0 Å². The lowest BCUT2D eigenvalue weighted by Crippen LogP contribution is -2.48. The SMILES string of the molecule is Nc1ccnc(N2CCCC(C/C=C/c3ccccc3)(C(=O)O)C2)n1. The van der Waals surface area contributed by atoms with E-state index in [9.17, 15) is 9.90 Å². The molecular formula is C19H22N4O2. The Morgan fingerprint density at radius 3 is 2.84 bits per heavy atom. The van der Waals surface area contributed by atoms with E-state index in [4.69, 9.17) is 5.73 Å². The van der Waals surface area contributed by atoms with Crippen molar-refractivity contribution in [3.63, 3.8) is 0 Å². The summed E-state index contributed by atoms with van der Waals surface area (Å²) in [5.74, 6) is 0.108. The Hall–Kier alpha value is -2.89. The third kappa shape index (κ3) is 3.96. The minimum atomic E-state index is -0.836. The molecule has 6 nitrogen and oxygen atoms in total. The maximum absolute atomic E-state index is 12.0. The molecule has 25 heavy (non-hydrogen) atoms. The molecule has 1 saturated heterocycles. The molecule has 6 heteroatoms. The van der Waals surface area contributed by atoms with E-state index in [-0.39, 0.29) is 0 Å². The molecule has 1 fully saturated rings. The maximum atomic E-state index is 12.0. The van der Waals surface area contributed by atoms with E-state index >= 15 is 0 Å². The van der Waals surface area contributed by atoms with E-state index in [2.05, 4.69) is 9.97 Å². The Labute approximate surface area is 147 Å². The van der Waals surface area contributed by atoms with E-state index in [0.29, 0.717) is 31.2 Å². The molecule has 0 bridgehead atoms. The van der Waals surface area contributed by atoms with Gasteiger partial charge in [0.2, 0.25) is 5.95 Å². The molecule has 3 rings (SSSR count). The fourth-order valence-electron chi connectivity index (χ4n) is 3.23. The fourth-order valence-corrected chi connectivity index (χ4v) is 3.23. The van der Waals surface area contributed by atoms with E-state index in [1.165, 1.54) is 0 Å². The molecule has 0 amide bonds. The van der Waals surface area contributed by atoms with Crippen LogP contribution in [-0.4, -0.2) is 34.1 Å². The number of carboxylic acid groups (broad SMARTS) is 1. The van der Waals surface area contributed by atoms with Crippen LogP contribution < -0.4 is 10.6 Å². The van der Waals surface area contributed by atoms with Gasteiger partial charge in [0.15, 0.2) is 0 Å². The van der Waals surface area contributed by atoms with Gasteiger partial charge in [0.05, 0.1) is 5.41 Å². The average Bonchev–Trinajstić information content (AvgIpc) is 2.63. The van der Waals surface area contributed by atoms with Crippen LogP contribution in [0.15, 0.2) is 48.7 Å². The van der Waals surface area contributed by atoms with Gasteiger partial charge in [-0.15, -0.1) is 0 Å². The largest absolute Gasteiger partial charge is 0.481 e. The van der Waals surface area contributed by atoms with Crippen LogP contribution in [0.5, 0.6) is 0 Å². The Bertz CT molecular complexity index is 763. The predicted molar refractivity (Wildman–Crippen MR) is 98.1 cm³/mol. The number of hydrogen-bond donors (Lipinski definition) is 2. The molecule has 1 aromatic heterocycles. The van der Waals surface area contributed by atoms with Crippen molar-refractivity contribution in [1.82, 2.24) is 9.97 Å². The second kappa shape index (κ2) is 7.34. The molecule has 1 aromatic carbocycles. The Morgan fingerprint density at radius 1 is 1.32 bits per heavy atom. The van der Waals surface area contributed by atoms with Crippen molar-refractivity contribution < 1.29 is 9.90 Å². The minimum absolute atomic E-state index is 0.380. The number of nitrogens with zero attached hydrogens (tertiary/aromatic N) is 3. The van der Waals surface area contributed by atoms with E-state index in [1.807, 2.05) is 47.4 Å². The fraction of sp³-hybridized carbons (Fsp3) is 0.316. The number of aromatic nitrogens is 2. The van der Waals surface area contributed by atoms with Gasteiger partial charge in [-0.2, -0.15) is 4.98 Å². The molecule has 0 spiro atoms. The molecular weight excluding hydrogens is 316 g/mol. The number of carbonyl (C=O) groups is 1. The normalized spacial score (nSPS) is 20.7. The maximum Gasteiger partial charge on any atom is 0.311 e. The lowest BCUT2D eigenvalue weighted by atomic mass is 9.77. The summed E-state index contributed by atoms with van der Waals surface area (Å²) in [5, 5.41) is 9.88. The molecule has 2 heterocycles. The van der Waals surface area contributed by atoms with Crippen LogP contribution in [0.2, 0.25) is 0 Å². The molecule has 0 radical (unpaired) electrons. The van der Waals surface area contributed by atoms with Crippen LogP contribution in [0.3, 0.4) is 0 Å². The Kier molecular flexibility index (Phi) is 4.97. The summed E-state index contributed by atoms with van der Waals surface area (Å²) < 4.78 is 0. The third-order valence-electron chi connectivity index (χ3n) is 4.60. The average molecular weight is 338 g/mol. The number of anilines is 2. The molecule has 2 aromatic rings. The number of rotatable bonds is 5. The van der Waals surface area contributed by atoms with Gasteiger partial charge >= 0.3 is 5.97 Å². The summed E-state index contributed by atoms with van der Waals surface area (Å²) in [7, 11) is 0. The topological polar surface area (TPSA) is 92.3 Å². The van der Waals surface area contributed by atoms with Crippen LogP contribution >= 0.6 is 0 Å². The highest BCUT2D eigenvalue weighted by Gasteiger charge is 2.42. The lowest BCUT2D eigenvalue weighted by Gasteiger charge is -2.39. The highest BCUT2D eigenvalue weighted by Crippen LogP contribution is 2.35. The number of benzene rings is 1. The van der Waals surface area contributed by atoms with Gasteiger partial charge in [-0.1, -0.05) is 42.5 Å². The zero-order chi connectivity index (χ0) is 17.7. The zero-order valence-electron chi connectivity index (χ0n) is 14.0. The first-order valence-corrected chi connectivity index (χ1v) is 8.38. The molecule has 1 aliphatic heterocycles. The van der Waals surface area contributed by atoms with Crippen molar-refractivity contribution in [1.29, 1.82) is 0 Å². The number of hydrogen-bond acceptors (Lipinski definition) is 5. The van der Waals surface area contributed by atoms with Gasteiger partial charge in [-0.25, -0.2) is 4.98 Å². The highest BCUT2D eigenvalue weighted by atomic mass is 16.4. The van der Waals surface area contributed by atoms with E-state index in [0.717, 1.165) is 18.5 Å². The monoisotopic (exact) mass is 338 g/mol. The molecule has 1 unspecified atom stereocenters. The summed E-state index contributed by atoms with van der Waals surface area (Å²) in [6.45, 7) is 1.12. The molecule has 1 atom stereocenters. The zero-order valence-corrected chi connectivity index (χ0v) is 14.0. The van der Waals surface area contributed by atoms with Gasteiger partial charge in [0, 0.05) is 19.3 Å². The van der Waals surface area contributed by atoms with E-state index < -0.39 is 11.4 Å². The summed E-state index contributed by atoms with van der Waals surface area (Å²) in [4.78, 5) is 22.4. The number of carboxylic acids is 1. The van der Waals surface area contributed by atoms with Gasteiger partial charge in [-0.3, -0.25) is 4.79 Å². The molecule has 0 saturated carbocycles. The van der Waals surface area contributed by atoms with E-state index in [1.54, 1.807) is 12.3 Å².